The van der Waals surface area contributed by atoms with E-state index in [1.54, 1.807) is 0 Å². The van der Waals surface area contributed by atoms with Crippen molar-refractivity contribution in [3.8, 4) is 0 Å². The molecule has 6 aliphatic heterocycles. The van der Waals surface area contributed by atoms with E-state index in [0.29, 0.717) is 0 Å². The summed E-state index contributed by atoms with van der Waals surface area (Å²) in [6.45, 7) is -12.7. The Hall–Kier alpha value is -1.68. The van der Waals surface area contributed by atoms with E-state index in [1.165, 1.54) is 0 Å². The molecule has 42 heteroatoms. The van der Waals surface area contributed by atoms with Gasteiger partial charge in [-0.15, -0.1) is 0 Å². The Labute approximate surface area is 466 Å². The number of rotatable bonds is 12. The van der Waals surface area contributed by atoms with E-state index in [1.807, 2.05) is 0 Å². The second-order valence-electron chi connectivity index (χ2n) is 22.0. The van der Waals surface area contributed by atoms with Crippen LogP contribution in [0.25, 0.3) is 0 Å². The predicted molar refractivity (Wildman–Crippen MR) is 239 cm³/mol. The molecule has 0 bridgehead atoms. The summed E-state index contributed by atoms with van der Waals surface area (Å²) >= 11 is 0. The molecule has 0 radical (unpaired) electrons. The van der Waals surface area contributed by atoms with Gasteiger partial charge in [0.05, 0.1) is 39.6 Å². The van der Waals surface area contributed by atoms with E-state index < -0.39 is 254 Å². The largest absolute Gasteiger partial charge is 0.394 e. The first kappa shape index (κ1) is 69.8. The minimum Gasteiger partial charge on any atom is -0.394 e. The highest BCUT2D eigenvalue weighted by atomic mass is 16.8. The molecule has 42 nitrogen and oxygen atoms in total. The third-order valence-electron chi connectivity index (χ3n) is 18.0. The van der Waals surface area contributed by atoms with Gasteiger partial charge in [0.15, 0.2) is 33.6 Å². The van der Waals surface area contributed by atoms with Crippen LogP contribution in [0, 0.1) is 0 Å². The zero-order valence-corrected chi connectivity index (χ0v) is 42.6. The summed E-state index contributed by atoms with van der Waals surface area (Å²) in [6, 6.07) is 0. The first-order valence-electron chi connectivity index (χ1n) is 25.0. The molecule has 0 aromatic rings. The van der Waals surface area contributed by atoms with E-state index in [4.69, 9.17) is 28.4 Å². The van der Waals surface area contributed by atoms with E-state index in [0.717, 1.165) is 0 Å². The van der Waals surface area contributed by atoms with Gasteiger partial charge in [-0.3, -0.25) is 0 Å². The van der Waals surface area contributed by atoms with Crippen LogP contribution in [0.15, 0.2) is 0 Å². The highest BCUT2D eigenvalue weighted by Crippen LogP contribution is 2.76. The van der Waals surface area contributed by atoms with Crippen LogP contribution in [0.1, 0.15) is 0 Å². The predicted octanol–water partition coefficient (Wildman–Crippen LogP) is -24.6. The van der Waals surface area contributed by atoms with Crippen molar-refractivity contribution in [2.24, 2.45) is 0 Å². The highest BCUT2D eigenvalue weighted by molar-refractivity contribution is 5.53. The molecule has 7 fully saturated rings. The van der Waals surface area contributed by atoms with Crippen LogP contribution >= 0.6 is 0 Å². The van der Waals surface area contributed by atoms with Gasteiger partial charge >= 0.3 is 0 Å². The van der Waals surface area contributed by atoms with Crippen LogP contribution in [-0.4, -0.2) is 438 Å². The molecule has 6 saturated heterocycles. The summed E-state index contributed by atoms with van der Waals surface area (Å²) < 4.78 is 30.8. The summed E-state index contributed by atoms with van der Waals surface area (Å²) in [5.74, 6) is -36.7. The van der Waals surface area contributed by atoms with Crippen molar-refractivity contribution in [2.75, 3.05) is 39.6 Å². The molecule has 492 valence electrons. The first-order valence-corrected chi connectivity index (χ1v) is 25.0. The molecule has 36 N–H and O–H groups in total. The van der Waals surface area contributed by atoms with Gasteiger partial charge in [0.2, 0.25) is 34.7 Å². The van der Waals surface area contributed by atoms with E-state index in [9.17, 15) is 184 Å². The third kappa shape index (κ3) is 7.69. The monoisotopic (exact) mass is 1250 g/mol. The summed E-state index contributed by atoms with van der Waals surface area (Å²) in [4.78, 5) is 0. The molecule has 1 aliphatic carbocycles. The topological polar surface area (TPSA) is 784 Å². The maximum atomic E-state index is 14.7. The fourth-order valence-corrected chi connectivity index (χ4v) is 13.4. The van der Waals surface area contributed by atoms with Gasteiger partial charge in [-0.1, -0.05) is 0 Å². The number of hydrogen-bond donors (Lipinski definition) is 36. The molecule has 0 aromatic heterocycles. The average molecular weight is 1250 g/mol. The molecule has 1 saturated carbocycles. The van der Waals surface area contributed by atoms with Crippen molar-refractivity contribution >= 4 is 0 Å². The minimum atomic E-state index is -7.13. The molecule has 4 unspecified atom stereocenters. The van der Waals surface area contributed by atoms with Gasteiger partial charge in [0.1, 0.15) is 146 Å². The van der Waals surface area contributed by atoms with Gasteiger partial charge in [-0.25, -0.2) is 0 Å². The van der Waals surface area contributed by atoms with Crippen LogP contribution in [0.3, 0.4) is 0 Å². The lowest BCUT2D eigenvalue weighted by molar-refractivity contribution is -0.639. The van der Waals surface area contributed by atoms with Gasteiger partial charge < -0.3 is 212 Å². The quantitative estimate of drug-likeness (QED) is 0.0863. The average Bonchev–Trinajstić information content (AvgIpc) is 0.601. The maximum Gasteiger partial charge on any atom is 0.231 e. The zero-order valence-electron chi connectivity index (χ0n) is 42.6. The number of aliphatic hydroxyl groups excluding tert-OH is 24. The second-order valence-corrected chi connectivity index (χ2v) is 22.0. The smallest absolute Gasteiger partial charge is 0.231 e. The molecule has 84 heavy (non-hydrogen) atoms. The van der Waals surface area contributed by atoms with E-state index in [2.05, 4.69) is 0 Å². The molecule has 6 heterocycles. The van der Waals surface area contributed by atoms with Crippen molar-refractivity contribution in [1.29, 1.82) is 0 Å². The Morgan fingerprint density at radius 1 is 0.179 bits per heavy atom. The molecular formula is C42H72O42. The van der Waals surface area contributed by atoms with Crippen LogP contribution in [0.5, 0.6) is 0 Å². The number of hydrogen-bond acceptors (Lipinski definition) is 42. The van der Waals surface area contributed by atoms with Crippen molar-refractivity contribution in [3.63, 3.8) is 0 Å². The van der Waals surface area contributed by atoms with Crippen LogP contribution < -0.4 is 0 Å². The van der Waals surface area contributed by atoms with Crippen LogP contribution in [0.2, 0.25) is 0 Å². The molecular weight excluding hydrogens is 1180 g/mol. The van der Waals surface area contributed by atoms with Gasteiger partial charge in [0.25, 0.3) is 0 Å². The van der Waals surface area contributed by atoms with Crippen molar-refractivity contribution in [2.45, 2.75) is 215 Å². The molecule has 0 spiro atoms. The van der Waals surface area contributed by atoms with Crippen molar-refractivity contribution in [3.05, 3.63) is 0 Å². The summed E-state index contributed by atoms with van der Waals surface area (Å²) in [5, 5.41) is 442. The Balaban J connectivity index is 2.01. The summed E-state index contributed by atoms with van der Waals surface area (Å²) in [6.07, 6.45) is -87.5. The molecule has 7 aliphatic rings. The fraction of sp³-hybridized carbons (Fsp3) is 1.00. The summed E-state index contributed by atoms with van der Waals surface area (Å²) in [5.41, 5.74) is -42.8. The molecule has 0 aromatic carbocycles. The Morgan fingerprint density at radius 2 is 0.274 bits per heavy atom. The first-order chi connectivity index (χ1) is 38.4. The molecule has 34 atom stereocenters. The van der Waals surface area contributed by atoms with Gasteiger partial charge in [-0.05, 0) is 0 Å². The third-order valence-corrected chi connectivity index (χ3v) is 18.0. The molecule has 7 rings (SSSR count). The van der Waals surface area contributed by atoms with Crippen molar-refractivity contribution in [1.82, 2.24) is 0 Å². The standard InChI is InChI=1S/C42H72O42/c43-1-7-13(49)19(55)25(61)31(67,79-7)37(73)38(74,32(68)26(62)20(56)14(50)8(2-44)80-32)40(76,34(70)28(64)22(58)16(52)10(4-46)82-34)42(78,36(72)30(66)24(60)18(54)12(6-48)84-36)41(77,35(71)29(65)23(59)17(53)11(5-47)83-35)39(37,75)33(69)27(63)21(57)15(51)9(3-45)81-33/h7-30,43-78H,1-6H2/t7-,8-,9-,10-,11-,12-,13-,14-,15-,16-,17-,18-,19+,20+,21+,22+,23+,24+,25+,26+,27+,28+,29+,30+,31-,32-,33-,34-,35-,36+,37?,38?,39?,40?,41?,42?/m1/s1. The van der Waals surface area contributed by atoms with Gasteiger partial charge in [0, 0.05) is 0 Å². The van der Waals surface area contributed by atoms with Gasteiger partial charge in [-0.2, -0.15) is 0 Å². The lowest BCUT2D eigenvalue weighted by Crippen LogP contribution is -3.14. The SMILES string of the molecule is OC[C@H]1O[C@](O)(C2(O)C(O)([C@]3(O)O[C@H](CO)[C@@H](O)[C@H](O)[C@@H]3O)C(O)([C@]3(O)O[C@H](CO)[C@@H](O)[C@H](O)[C@@H]3O)C(O)([C@]3(O)O[C@H](CO)[C@@H](O)[C@H](O)[C@@H]3O)C(O)([C@]3(O)O[C@H](CO)[C@@H](O)[C@H](O)[C@@H]3O)C2(O)[C@]2(O)O[C@H](CO)[C@@H](O)[C@H](O)[C@@H]2O)[C@@H](O)[C@@H](O)[C@@H]1O. The lowest BCUT2D eigenvalue weighted by Gasteiger charge is -2.83. The number of aliphatic hydroxyl groups is 36. The fourth-order valence-electron chi connectivity index (χ4n) is 13.4. The summed E-state index contributed by atoms with van der Waals surface area (Å²) in [7, 11) is 0. The normalized spacial score (nSPS) is 62.1. The highest BCUT2D eigenvalue weighted by Gasteiger charge is 3.10. The maximum absolute atomic E-state index is 14.7. The molecule has 0 amide bonds. The second kappa shape index (κ2) is 22.0. The Kier molecular flexibility index (Phi) is 18.3. The van der Waals surface area contributed by atoms with Crippen LogP contribution in [-0.2, 0) is 28.4 Å². The van der Waals surface area contributed by atoms with Crippen molar-refractivity contribution < 1.29 is 212 Å². The zero-order chi connectivity index (χ0) is 64.3. The minimum absolute atomic E-state index is 2.12. The van der Waals surface area contributed by atoms with Crippen LogP contribution in [0.4, 0.5) is 0 Å². The Bertz CT molecular complexity index is 1920. The van der Waals surface area contributed by atoms with E-state index >= 15 is 0 Å². The lowest BCUT2D eigenvalue weighted by atomic mass is 9.33. The van der Waals surface area contributed by atoms with E-state index in [-0.39, 0.29) is 0 Å². The number of ether oxygens (including phenoxy) is 6. The Morgan fingerprint density at radius 3 is 0.357 bits per heavy atom.